The van der Waals surface area contributed by atoms with E-state index in [0.717, 1.165) is 5.56 Å². The number of fused-ring (bicyclic) bond motifs is 1. The van der Waals surface area contributed by atoms with Crippen LogP contribution in [-0.2, 0) is 16.6 Å². The maximum Gasteiger partial charge on any atom is 0.323 e. The lowest BCUT2D eigenvalue weighted by Crippen LogP contribution is -2.48. The van der Waals surface area contributed by atoms with Gasteiger partial charge in [0.2, 0.25) is 10.0 Å². The number of piperazine rings is 1. The molecule has 3 aromatic rings. The highest BCUT2D eigenvalue weighted by Crippen LogP contribution is 2.24. The number of aromatic amines is 2. The van der Waals surface area contributed by atoms with Crippen molar-refractivity contribution >= 4 is 26.7 Å². The number of H-pyrrole nitrogens is 2. The van der Waals surface area contributed by atoms with Crippen molar-refractivity contribution in [3.05, 3.63) is 68.1 Å². The van der Waals surface area contributed by atoms with Crippen LogP contribution in [0.2, 0.25) is 0 Å². The van der Waals surface area contributed by atoms with Crippen LogP contribution in [0.3, 0.4) is 0 Å². The number of nitrogens with one attached hydrogen (secondary N) is 2. The summed E-state index contributed by atoms with van der Waals surface area (Å²) in [6.07, 6.45) is 0. The molecule has 30 heavy (non-hydrogen) atoms. The summed E-state index contributed by atoms with van der Waals surface area (Å²) in [5, 5.41) is 11.1. The number of hydrogen-bond acceptors (Lipinski definition) is 6. The number of nitro groups is 1. The van der Waals surface area contributed by atoms with Gasteiger partial charge >= 0.3 is 5.69 Å². The van der Waals surface area contributed by atoms with Crippen molar-refractivity contribution < 1.29 is 13.3 Å². The fourth-order valence-electron chi connectivity index (χ4n) is 3.73. The maximum atomic E-state index is 13.0. The molecule has 1 aliphatic heterocycles. The van der Waals surface area contributed by atoms with Crippen LogP contribution in [-0.4, -0.2) is 58.7 Å². The van der Waals surface area contributed by atoms with Gasteiger partial charge in [0.05, 0.1) is 20.9 Å². The summed E-state index contributed by atoms with van der Waals surface area (Å²) >= 11 is 0. The number of rotatable bonds is 5. The summed E-state index contributed by atoms with van der Waals surface area (Å²) < 4.78 is 27.4. The Morgan fingerprint density at radius 2 is 1.77 bits per heavy atom. The van der Waals surface area contributed by atoms with Crippen molar-refractivity contribution in [2.24, 2.45) is 0 Å². The van der Waals surface area contributed by atoms with Gasteiger partial charge < -0.3 is 9.97 Å². The molecule has 1 aliphatic rings. The Hall–Kier alpha value is -3.02. The molecule has 0 saturated carbocycles. The van der Waals surface area contributed by atoms with Gasteiger partial charge in [-0.2, -0.15) is 4.31 Å². The van der Waals surface area contributed by atoms with Gasteiger partial charge in [-0.3, -0.25) is 15.0 Å². The zero-order valence-corrected chi connectivity index (χ0v) is 17.1. The Kier molecular flexibility index (Phi) is 5.18. The Morgan fingerprint density at radius 3 is 2.47 bits per heavy atom. The van der Waals surface area contributed by atoms with Gasteiger partial charge in [0.1, 0.15) is 0 Å². The number of sulfonamides is 1. The normalized spacial score (nSPS) is 16.2. The fourth-order valence-corrected chi connectivity index (χ4v) is 5.18. The molecule has 0 amide bonds. The lowest BCUT2D eigenvalue weighted by atomic mass is 10.1. The number of hydrogen-bond donors (Lipinski definition) is 2. The smallest absolute Gasteiger partial charge is 0.306 e. The van der Waals surface area contributed by atoms with Gasteiger partial charge in [0.25, 0.3) is 5.69 Å². The van der Waals surface area contributed by atoms with E-state index in [-0.39, 0.29) is 16.3 Å². The van der Waals surface area contributed by atoms with E-state index in [1.165, 1.54) is 22.5 Å². The molecule has 1 saturated heterocycles. The van der Waals surface area contributed by atoms with Crippen LogP contribution in [0.4, 0.5) is 5.69 Å². The number of aromatic nitrogens is 2. The van der Waals surface area contributed by atoms with Crippen LogP contribution in [0, 0.1) is 17.0 Å². The monoisotopic (exact) mass is 431 g/mol. The van der Waals surface area contributed by atoms with E-state index in [2.05, 4.69) is 14.9 Å². The first-order valence-electron chi connectivity index (χ1n) is 9.43. The molecule has 0 atom stereocenters. The average molecular weight is 431 g/mol. The highest BCUT2D eigenvalue weighted by molar-refractivity contribution is 7.89. The van der Waals surface area contributed by atoms with Crippen LogP contribution >= 0.6 is 0 Å². The van der Waals surface area contributed by atoms with E-state index < -0.39 is 14.9 Å². The largest absolute Gasteiger partial charge is 0.323 e. The van der Waals surface area contributed by atoms with E-state index in [9.17, 15) is 23.3 Å². The average Bonchev–Trinajstić information content (AvgIpc) is 3.09. The van der Waals surface area contributed by atoms with Gasteiger partial charge in [-0.15, -0.1) is 0 Å². The van der Waals surface area contributed by atoms with E-state index in [1.54, 1.807) is 19.1 Å². The SMILES string of the molecule is Cc1c(CN2CCN(S(=O)(=O)c3ccc4[nH]c(=O)[nH]c4c3)CC2)cccc1[N+](=O)[O-]. The van der Waals surface area contributed by atoms with Crippen molar-refractivity contribution in [2.75, 3.05) is 26.2 Å². The zero-order valence-electron chi connectivity index (χ0n) is 16.3. The van der Waals surface area contributed by atoms with Crippen LogP contribution < -0.4 is 5.69 Å². The van der Waals surface area contributed by atoms with Crippen LogP contribution in [0.25, 0.3) is 11.0 Å². The maximum absolute atomic E-state index is 13.0. The van der Waals surface area contributed by atoms with E-state index in [1.807, 2.05) is 6.07 Å². The molecule has 11 heteroatoms. The second kappa shape index (κ2) is 7.67. The second-order valence-corrected chi connectivity index (χ2v) is 9.22. The topological polar surface area (TPSA) is 132 Å². The standard InChI is InChI=1S/C19H21N5O5S/c1-13-14(3-2-4-18(13)24(26)27)12-22-7-9-23(10-8-22)30(28,29)15-5-6-16-17(11-15)21-19(25)20-16/h2-6,11H,7-10,12H2,1H3,(H2,20,21,25). The summed E-state index contributed by atoms with van der Waals surface area (Å²) in [7, 11) is -3.69. The first kappa shape index (κ1) is 20.3. The molecule has 0 spiro atoms. The van der Waals surface area contributed by atoms with Gasteiger partial charge in [-0.05, 0) is 30.7 Å². The Bertz CT molecular complexity index is 1270. The van der Waals surface area contributed by atoms with Crippen molar-refractivity contribution in [3.63, 3.8) is 0 Å². The second-order valence-electron chi connectivity index (χ2n) is 7.29. The number of nitrogens with zero attached hydrogens (tertiary/aromatic N) is 3. The molecule has 2 N–H and O–H groups in total. The minimum atomic E-state index is -3.69. The van der Waals surface area contributed by atoms with Gasteiger partial charge in [-0.1, -0.05) is 12.1 Å². The summed E-state index contributed by atoms with van der Waals surface area (Å²) in [6.45, 7) is 3.93. The summed E-state index contributed by atoms with van der Waals surface area (Å²) in [4.78, 5) is 29.5. The van der Waals surface area contributed by atoms with E-state index in [4.69, 9.17) is 0 Å². The van der Waals surface area contributed by atoms with Crippen molar-refractivity contribution in [1.29, 1.82) is 0 Å². The first-order valence-corrected chi connectivity index (χ1v) is 10.9. The lowest BCUT2D eigenvalue weighted by molar-refractivity contribution is -0.385. The molecule has 2 heterocycles. The van der Waals surface area contributed by atoms with Gasteiger partial charge in [-0.25, -0.2) is 13.2 Å². The minimum Gasteiger partial charge on any atom is -0.306 e. The quantitative estimate of drug-likeness (QED) is 0.466. The van der Waals surface area contributed by atoms with Gasteiger partial charge in [0, 0.05) is 44.4 Å². The lowest BCUT2D eigenvalue weighted by Gasteiger charge is -2.34. The Morgan fingerprint density at radius 1 is 1.07 bits per heavy atom. The first-order chi connectivity index (χ1) is 14.3. The third-order valence-electron chi connectivity index (χ3n) is 5.46. The fraction of sp³-hybridized carbons (Fsp3) is 0.316. The molecule has 0 unspecified atom stereocenters. The Balaban J connectivity index is 1.46. The summed E-state index contributed by atoms with van der Waals surface area (Å²) in [5.74, 6) is 0. The molecule has 158 valence electrons. The van der Waals surface area contributed by atoms with Gasteiger partial charge in [0.15, 0.2) is 0 Å². The molecule has 1 fully saturated rings. The molecule has 0 bridgehead atoms. The highest BCUT2D eigenvalue weighted by atomic mass is 32.2. The zero-order chi connectivity index (χ0) is 21.5. The summed E-state index contributed by atoms with van der Waals surface area (Å²) in [6, 6.07) is 9.53. The minimum absolute atomic E-state index is 0.0897. The molecule has 10 nitrogen and oxygen atoms in total. The van der Waals surface area contributed by atoms with Crippen molar-refractivity contribution in [3.8, 4) is 0 Å². The predicted octanol–water partition coefficient (Wildman–Crippen LogP) is 1.58. The molecule has 1 aromatic heterocycles. The number of benzene rings is 2. The van der Waals surface area contributed by atoms with E-state index >= 15 is 0 Å². The van der Waals surface area contributed by atoms with Crippen LogP contribution in [0.5, 0.6) is 0 Å². The predicted molar refractivity (Wildman–Crippen MR) is 111 cm³/mol. The number of imidazole rings is 1. The molecule has 4 rings (SSSR count). The molecular formula is C19H21N5O5S. The molecule has 0 radical (unpaired) electrons. The molecule has 0 aliphatic carbocycles. The molecular weight excluding hydrogens is 410 g/mol. The summed E-state index contributed by atoms with van der Waals surface area (Å²) in [5.41, 5.74) is 2.20. The van der Waals surface area contributed by atoms with Crippen LogP contribution in [0.15, 0.2) is 46.1 Å². The number of nitro benzene ring substituents is 1. The highest BCUT2D eigenvalue weighted by Gasteiger charge is 2.29. The third kappa shape index (κ3) is 3.74. The molecule has 2 aromatic carbocycles. The van der Waals surface area contributed by atoms with Crippen LogP contribution in [0.1, 0.15) is 11.1 Å². The van der Waals surface area contributed by atoms with Crippen molar-refractivity contribution in [1.82, 2.24) is 19.2 Å². The van der Waals surface area contributed by atoms with E-state index in [0.29, 0.717) is 49.3 Å². The van der Waals surface area contributed by atoms with Crippen molar-refractivity contribution in [2.45, 2.75) is 18.4 Å². The third-order valence-corrected chi connectivity index (χ3v) is 7.36. The Labute approximate surface area is 172 Å².